The lowest BCUT2D eigenvalue weighted by molar-refractivity contribution is 0.337. The average molecular weight is 262 g/mol. The highest BCUT2D eigenvalue weighted by molar-refractivity contribution is 14.2. The molecule has 0 N–H and O–H groups in total. The first-order chi connectivity index (χ1) is 4.14. The van der Waals surface area contributed by atoms with E-state index in [9.17, 15) is 8.42 Å². The molecule has 1 heterocycles. The van der Waals surface area contributed by atoms with Crippen molar-refractivity contribution in [2.24, 2.45) is 0 Å². The van der Waals surface area contributed by atoms with Crippen molar-refractivity contribution in [3.05, 3.63) is 0 Å². The van der Waals surface area contributed by atoms with Crippen LogP contribution in [0.4, 0.5) is 0 Å². The van der Waals surface area contributed by atoms with E-state index >= 15 is 0 Å². The quantitative estimate of drug-likeness (QED) is 0.392. The van der Waals surface area contributed by atoms with Crippen LogP contribution in [0.2, 0.25) is 0 Å². The van der Waals surface area contributed by atoms with E-state index in [1.54, 1.807) is 0 Å². The van der Waals surface area contributed by atoms with Gasteiger partial charge >= 0.3 is 0 Å². The molecule has 9 heavy (non-hydrogen) atoms. The van der Waals surface area contributed by atoms with E-state index in [4.69, 9.17) is 0 Å². The summed E-state index contributed by atoms with van der Waals surface area (Å²) in [6.45, 7) is 0. The molecule has 1 aliphatic heterocycles. The van der Waals surface area contributed by atoms with Gasteiger partial charge in [-0.25, -0.2) is 0 Å². The van der Waals surface area contributed by atoms with E-state index in [1.165, 1.54) is 0 Å². The standard InChI is InChI=1S/C4H7IO3S/c1-5-4-2-3-9(6,7)8-4/h4H,1-3H2. The van der Waals surface area contributed by atoms with Crippen molar-refractivity contribution < 1.29 is 12.6 Å². The molecule has 0 spiro atoms. The van der Waals surface area contributed by atoms with E-state index < -0.39 is 10.1 Å². The van der Waals surface area contributed by atoms with Gasteiger partial charge in [-0.3, -0.25) is 4.18 Å². The molecule has 0 aliphatic carbocycles. The van der Waals surface area contributed by atoms with E-state index in [-0.39, 0.29) is 30.6 Å². The van der Waals surface area contributed by atoms with Crippen LogP contribution in [0.3, 0.4) is 0 Å². The van der Waals surface area contributed by atoms with Gasteiger partial charge in [0, 0.05) is 6.42 Å². The molecule has 1 aliphatic rings. The second-order valence-electron chi connectivity index (χ2n) is 1.71. The van der Waals surface area contributed by atoms with Crippen LogP contribution in [0.15, 0.2) is 0 Å². The smallest absolute Gasteiger partial charge is 0.256 e. The number of alkyl halides is 1. The van der Waals surface area contributed by atoms with Crippen LogP contribution in [-0.2, 0) is 14.3 Å². The Morgan fingerprint density at radius 2 is 2.33 bits per heavy atom. The van der Waals surface area contributed by atoms with Gasteiger partial charge in [-0.05, 0) is 0 Å². The highest BCUT2D eigenvalue weighted by Gasteiger charge is 2.26. The normalized spacial score (nSPS) is 32.7. The molecule has 1 atom stereocenters. The number of hydrogen-bond acceptors (Lipinski definition) is 3. The molecule has 0 aromatic carbocycles. The largest absolute Gasteiger partial charge is 0.268 e. The third kappa shape index (κ3) is 1.98. The van der Waals surface area contributed by atoms with Crippen molar-refractivity contribution in [1.29, 1.82) is 0 Å². The fourth-order valence-electron chi connectivity index (χ4n) is 0.595. The molecule has 1 unspecified atom stereocenters. The van der Waals surface area contributed by atoms with Crippen LogP contribution in [0, 0.1) is 0 Å². The first-order valence-corrected chi connectivity index (χ1v) is 6.77. The number of halogens is 1. The van der Waals surface area contributed by atoms with Crippen LogP contribution >= 0.6 is 20.7 Å². The molecule has 1 fully saturated rings. The van der Waals surface area contributed by atoms with E-state index in [1.807, 2.05) is 0 Å². The maximum atomic E-state index is 10.6. The Kier molecular flexibility index (Phi) is 2.23. The summed E-state index contributed by atoms with van der Waals surface area (Å²) in [6.07, 6.45) is 0.652. The molecule has 0 amide bonds. The second kappa shape index (κ2) is 2.63. The van der Waals surface area contributed by atoms with Crippen molar-refractivity contribution >= 4 is 35.4 Å². The minimum Gasteiger partial charge on any atom is -0.256 e. The zero-order chi connectivity index (χ0) is 6.91. The Morgan fingerprint density at radius 3 is 2.56 bits per heavy atom. The van der Waals surface area contributed by atoms with Gasteiger partial charge in [0.05, 0.1) is 5.75 Å². The zero-order valence-electron chi connectivity index (χ0n) is 4.71. The van der Waals surface area contributed by atoms with Crippen molar-refractivity contribution in [3.8, 4) is 0 Å². The molecule has 0 aromatic rings. The van der Waals surface area contributed by atoms with Crippen molar-refractivity contribution in [2.45, 2.75) is 10.5 Å². The third-order valence-corrected chi connectivity index (χ3v) is 4.48. The lowest BCUT2D eigenvalue weighted by Crippen LogP contribution is -1.99. The summed E-state index contributed by atoms with van der Waals surface area (Å²) < 4.78 is 29.4. The molecule has 0 radical (unpaired) electrons. The SMILES string of the molecule is C=IC1CCS(=O)(=O)O1. The predicted molar refractivity (Wildman–Crippen MR) is 44.4 cm³/mol. The first kappa shape index (κ1) is 7.62. The summed E-state index contributed by atoms with van der Waals surface area (Å²) in [5.41, 5.74) is 0. The van der Waals surface area contributed by atoms with Crippen LogP contribution in [0.5, 0.6) is 0 Å². The molecule has 5 heteroatoms. The molecule has 1 rings (SSSR count). The molecule has 0 saturated carbocycles. The van der Waals surface area contributed by atoms with Gasteiger partial charge in [0.25, 0.3) is 10.1 Å². The predicted octanol–water partition coefficient (Wildman–Crippen LogP) is 0.465. The summed E-state index contributed by atoms with van der Waals surface area (Å²) in [6, 6.07) is 0. The number of hydrogen-bond donors (Lipinski definition) is 0. The maximum Gasteiger partial charge on any atom is 0.268 e. The Hall–Kier alpha value is 0.510. The van der Waals surface area contributed by atoms with Crippen LogP contribution in [-0.4, -0.2) is 22.8 Å². The Labute approximate surface area is 64.3 Å². The fourth-order valence-corrected chi connectivity index (χ4v) is 4.22. The lowest BCUT2D eigenvalue weighted by atomic mass is 10.5. The highest BCUT2D eigenvalue weighted by Crippen LogP contribution is 2.23. The summed E-state index contributed by atoms with van der Waals surface area (Å²) in [5.74, 6) is 0.187. The van der Waals surface area contributed by atoms with Gasteiger partial charge in [-0.1, -0.05) is 25.2 Å². The average Bonchev–Trinajstić information content (AvgIpc) is 2.10. The highest BCUT2D eigenvalue weighted by atomic mass is 127. The topological polar surface area (TPSA) is 43.4 Å². The minimum atomic E-state index is -3.12. The van der Waals surface area contributed by atoms with Crippen molar-refractivity contribution in [3.63, 3.8) is 0 Å². The van der Waals surface area contributed by atoms with Crippen molar-refractivity contribution in [2.75, 3.05) is 5.75 Å². The Bertz CT molecular complexity index is 208. The van der Waals surface area contributed by atoms with Gasteiger partial charge in [-0.2, -0.15) is 8.42 Å². The summed E-state index contributed by atoms with van der Waals surface area (Å²) >= 11 is -0.307. The summed E-state index contributed by atoms with van der Waals surface area (Å²) in [7, 11) is -3.12. The molecule has 1 saturated heterocycles. The van der Waals surface area contributed by atoms with Gasteiger partial charge < -0.3 is 0 Å². The number of rotatable bonds is 1. The Balaban J connectivity index is 2.68. The van der Waals surface area contributed by atoms with E-state index in [0.29, 0.717) is 6.42 Å². The molecule has 0 bridgehead atoms. The Morgan fingerprint density at radius 1 is 1.67 bits per heavy atom. The zero-order valence-corrected chi connectivity index (χ0v) is 7.68. The van der Waals surface area contributed by atoms with Crippen LogP contribution < -0.4 is 0 Å². The maximum absolute atomic E-state index is 10.6. The minimum absolute atomic E-state index is 0.0474. The molecular formula is C4H7IO3S. The van der Waals surface area contributed by atoms with Gasteiger partial charge in [-0.15, -0.1) is 0 Å². The van der Waals surface area contributed by atoms with Gasteiger partial charge in [0.1, 0.15) is 4.11 Å². The monoisotopic (exact) mass is 262 g/mol. The third-order valence-electron chi connectivity index (χ3n) is 1.02. The fraction of sp³-hybridized carbons (Fsp3) is 0.750. The van der Waals surface area contributed by atoms with E-state index in [2.05, 4.69) is 8.70 Å². The molecule has 3 nitrogen and oxygen atoms in total. The molecular weight excluding hydrogens is 255 g/mol. The van der Waals surface area contributed by atoms with Gasteiger partial charge in [0.15, 0.2) is 0 Å². The summed E-state index contributed by atoms with van der Waals surface area (Å²) in [4.78, 5) is 0. The summed E-state index contributed by atoms with van der Waals surface area (Å²) in [5, 5.41) is 0. The van der Waals surface area contributed by atoms with Gasteiger partial charge in [0.2, 0.25) is 0 Å². The first-order valence-electron chi connectivity index (χ1n) is 2.42. The molecule has 54 valence electrons. The second-order valence-corrected chi connectivity index (χ2v) is 5.70. The van der Waals surface area contributed by atoms with Crippen molar-refractivity contribution in [1.82, 2.24) is 0 Å². The van der Waals surface area contributed by atoms with Crippen LogP contribution in [0.25, 0.3) is 0 Å². The van der Waals surface area contributed by atoms with E-state index in [0.717, 1.165) is 0 Å². The van der Waals surface area contributed by atoms with Crippen LogP contribution in [0.1, 0.15) is 6.42 Å². The molecule has 0 aromatic heterocycles. The lowest BCUT2D eigenvalue weighted by Gasteiger charge is -1.95.